The molecule has 1 aliphatic heterocycles. The summed E-state index contributed by atoms with van der Waals surface area (Å²) in [5.74, 6) is 0.463. The molecule has 0 aliphatic carbocycles. The van der Waals surface area contributed by atoms with Crippen LogP contribution < -0.4 is 0 Å². The molecule has 4 nitrogen and oxygen atoms in total. The van der Waals surface area contributed by atoms with Crippen LogP contribution >= 0.6 is 0 Å². The van der Waals surface area contributed by atoms with Crippen LogP contribution in [0.3, 0.4) is 0 Å². The molecule has 1 heterocycles. The summed E-state index contributed by atoms with van der Waals surface area (Å²) < 4.78 is 5.36. The summed E-state index contributed by atoms with van der Waals surface area (Å²) in [6.07, 6.45) is 2.81. The van der Waals surface area contributed by atoms with Gasteiger partial charge in [0.1, 0.15) is 5.60 Å². The van der Waals surface area contributed by atoms with E-state index in [1.54, 1.807) is 4.90 Å². The molecule has 1 rings (SSSR count). The summed E-state index contributed by atoms with van der Waals surface area (Å²) in [6, 6.07) is 0. The first kappa shape index (κ1) is 13.8. The van der Waals surface area contributed by atoms with Crippen molar-refractivity contribution in [3.63, 3.8) is 0 Å². The maximum Gasteiger partial charge on any atom is 0.410 e. The largest absolute Gasteiger partial charge is 0.444 e. The molecule has 0 spiro atoms. The van der Waals surface area contributed by atoms with Gasteiger partial charge in [0.2, 0.25) is 6.54 Å². The summed E-state index contributed by atoms with van der Waals surface area (Å²) in [5.41, 5.74) is -0.430. The quantitative estimate of drug-likeness (QED) is 0.693. The number of carbonyl (C=O) groups is 1. The van der Waals surface area contributed by atoms with Crippen molar-refractivity contribution in [3.8, 4) is 0 Å². The number of rotatable bonds is 2. The fraction of sp³-hybridized carbons (Fsp3) is 0.846. The minimum absolute atomic E-state index is 0.218. The Kier molecular flexibility index (Phi) is 4.80. The van der Waals surface area contributed by atoms with Crippen LogP contribution in [0.25, 0.3) is 4.85 Å². The van der Waals surface area contributed by atoms with Crippen molar-refractivity contribution < 1.29 is 9.53 Å². The Morgan fingerprint density at radius 3 is 2.82 bits per heavy atom. The molecule has 1 fully saturated rings. The normalized spacial score (nSPS) is 20.8. The van der Waals surface area contributed by atoms with Crippen molar-refractivity contribution in [2.24, 2.45) is 5.92 Å². The molecule has 1 amide bonds. The zero-order valence-corrected chi connectivity index (χ0v) is 11.0. The van der Waals surface area contributed by atoms with Crippen molar-refractivity contribution in [1.29, 1.82) is 0 Å². The SMILES string of the molecule is [C-]#[N+]CCC1CCCN(C(=O)OC(C)(C)C)C1. The molecule has 0 bridgehead atoms. The minimum atomic E-state index is -0.430. The number of nitrogens with zero attached hydrogens (tertiary/aromatic N) is 2. The average Bonchev–Trinajstić information content (AvgIpc) is 2.24. The van der Waals surface area contributed by atoms with Crippen LogP contribution in [0.15, 0.2) is 0 Å². The van der Waals surface area contributed by atoms with Gasteiger partial charge in [-0.1, -0.05) is 0 Å². The van der Waals surface area contributed by atoms with Crippen LogP contribution in [0.2, 0.25) is 0 Å². The van der Waals surface area contributed by atoms with Gasteiger partial charge in [-0.05, 0) is 39.5 Å². The molecule has 1 saturated heterocycles. The first-order chi connectivity index (χ1) is 7.92. The van der Waals surface area contributed by atoms with Crippen molar-refractivity contribution in [2.75, 3.05) is 19.6 Å². The van der Waals surface area contributed by atoms with Gasteiger partial charge in [0.05, 0.1) is 0 Å². The van der Waals surface area contributed by atoms with Crippen LogP contribution in [-0.2, 0) is 4.74 Å². The Morgan fingerprint density at radius 1 is 1.53 bits per heavy atom. The second-order valence-electron chi connectivity index (χ2n) is 5.61. The summed E-state index contributed by atoms with van der Waals surface area (Å²) >= 11 is 0. The lowest BCUT2D eigenvalue weighted by atomic mass is 9.95. The van der Waals surface area contributed by atoms with Crippen molar-refractivity contribution >= 4 is 6.09 Å². The smallest absolute Gasteiger partial charge is 0.410 e. The number of hydrogen-bond acceptors (Lipinski definition) is 2. The number of hydrogen-bond donors (Lipinski definition) is 0. The van der Waals surface area contributed by atoms with E-state index in [9.17, 15) is 4.79 Å². The highest BCUT2D eigenvalue weighted by Crippen LogP contribution is 2.21. The molecule has 0 radical (unpaired) electrons. The van der Waals surface area contributed by atoms with Crippen molar-refractivity contribution in [2.45, 2.75) is 45.6 Å². The minimum Gasteiger partial charge on any atom is -0.444 e. The maximum absolute atomic E-state index is 11.9. The predicted octanol–water partition coefficient (Wildman–Crippen LogP) is 2.94. The number of amides is 1. The van der Waals surface area contributed by atoms with Gasteiger partial charge in [-0.2, -0.15) is 0 Å². The highest BCUT2D eigenvalue weighted by atomic mass is 16.6. The van der Waals surface area contributed by atoms with E-state index in [0.717, 1.165) is 32.4 Å². The molecule has 17 heavy (non-hydrogen) atoms. The van der Waals surface area contributed by atoms with E-state index >= 15 is 0 Å². The monoisotopic (exact) mass is 238 g/mol. The van der Waals surface area contributed by atoms with Crippen LogP contribution in [0.4, 0.5) is 4.79 Å². The number of carbonyl (C=O) groups excluding carboxylic acids is 1. The average molecular weight is 238 g/mol. The molecule has 0 aromatic carbocycles. The standard InChI is InChI=1S/C13H22N2O2/c1-13(2,3)17-12(16)15-9-5-6-11(10-15)7-8-14-4/h11H,5-10H2,1-3H3. The fourth-order valence-corrected chi connectivity index (χ4v) is 2.04. The van der Waals surface area contributed by atoms with E-state index < -0.39 is 5.60 Å². The fourth-order valence-electron chi connectivity index (χ4n) is 2.04. The van der Waals surface area contributed by atoms with Gasteiger partial charge in [-0.25, -0.2) is 11.4 Å². The van der Waals surface area contributed by atoms with Gasteiger partial charge in [-0.3, -0.25) is 0 Å². The van der Waals surface area contributed by atoms with Crippen LogP contribution in [0.1, 0.15) is 40.0 Å². The second-order valence-corrected chi connectivity index (χ2v) is 5.61. The van der Waals surface area contributed by atoms with Crippen molar-refractivity contribution in [1.82, 2.24) is 4.90 Å². The van der Waals surface area contributed by atoms with E-state index in [0.29, 0.717) is 12.5 Å². The van der Waals surface area contributed by atoms with E-state index in [-0.39, 0.29) is 6.09 Å². The molecule has 1 atom stereocenters. The lowest BCUT2D eigenvalue weighted by Crippen LogP contribution is -2.43. The molecule has 4 heteroatoms. The summed E-state index contributed by atoms with van der Waals surface area (Å²) in [7, 11) is 0. The van der Waals surface area contributed by atoms with Gasteiger partial charge in [0, 0.05) is 19.5 Å². The Bertz CT molecular complexity index is 302. The van der Waals surface area contributed by atoms with Crippen LogP contribution in [0.5, 0.6) is 0 Å². The van der Waals surface area contributed by atoms with Gasteiger partial charge in [0.25, 0.3) is 0 Å². The predicted molar refractivity (Wildman–Crippen MR) is 66.6 cm³/mol. The first-order valence-electron chi connectivity index (χ1n) is 6.23. The maximum atomic E-state index is 11.9. The topological polar surface area (TPSA) is 33.9 Å². The van der Waals surface area contributed by atoms with Crippen molar-refractivity contribution in [3.05, 3.63) is 11.4 Å². The molecular formula is C13H22N2O2. The Morgan fingerprint density at radius 2 is 2.24 bits per heavy atom. The summed E-state index contributed by atoms with van der Waals surface area (Å²) in [4.78, 5) is 17.0. The lowest BCUT2D eigenvalue weighted by molar-refractivity contribution is 0.0164. The summed E-state index contributed by atoms with van der Waals surface area (Å²) in [6.45, 7) is 14.5. The molecular weight excluding hydrogens is 216 g/mol. The Labute approximate surface area is 104 Å². The van der Waals surface area contributed by atoms with Gasteiger partial charge < -0.3 is 14.5 Å². The molecule has 0 aromatic rings. The second kappa shape index (κ2) is 5.90. The Balaban J connectivity index is 2.43. The number of likely N-dealkylation sites (tertiary alicyclic amines) is 1. The third kappa shape index (κ3) is 5.08. The van der Waals surface area contributed by atoms with E-state index in [1.807, 2.05) is 20.8 Å². The van der Waals surface area contributed by atoms with Gasteiger partial charge in [-0.15, -0.1) is 0 Å². The molecule has 0 aromatic heterocycles. The summed E-state index contributed by atoms with van der Waals surface area (Å²) in [5, 5.41) is 0. The molecule has 0 saturated carbocycles. The molecule has 0 N–H and O–H groups in total. The van der Waals surface area contributed by atoms with Gasteiger partial charge in [0.15, 0.2) is 0 Å². The van der Waals surface area contributed by atoms with E-state index in [4.69, 9.17) is 11.3 Å². The highest BCUT2D eigenvalue weighted by Gasteiger charge is 2.27. The van der Waals surface area contributed by atoms with Crippen LogP contribution in [0, 0.1) is 12.5 Å². The third-order valence-corrected chi connectivity index (χ3v) is 2.82. The zero-order valence-electron chi connectivity index (χ0n) is 11.0. The molecule has 1 aliphatic rings. The third-order valence-electron chi connectivity index (χ3n) is 2.82. The highest BCUT2D eigenvalue weighted by molar-refractivity contribution is 5.68. The first-order valence-corrected chi connectivity index (χ1v) is 6.23. The van der Waals surface area contributed by atoms with Gasteiger partial charge >= 0.3 is 6.09 Å². The molecule has 96 valence electrons. The lowest BCUT2D eigenvalue weighted by Gasteiger charge is -2.33. The zero-order chi connectivity index (χ0) is 12.9. The van der Waals surface area contributed by atoms with E-state index in [2.05, 4.69) is 4.85 Å². The number of ether oxygens (including phenoxy) is 1. The number of piperidine rings is 1. The molecule has 1 unspecified atom stereocenters. The van der Waals surface area contributed by atoms with E-state index in [1.165, 1.54) is 0 Å². The van der Waals surface area contributed by atoms with Crippen LogP contribution in [-0.4, -0.2) is 36.2 Å². The Hall–Kier alpha value is -1.24.